The van der Waals surface area contributed by atoms with Gasteiger partial charge in [-0.2, -0.15) is 0 Å². The lowest BCUT2D eigenvalue weighted by Crippen LogP contribution is -2.40. The van der Waals surface area contributed by atoms with Gasteiger partial charge in [-0.1, -0.05) is 6.07 Å². The summed E-state index contributed by atoms with van der Waals surface area (Å²) < 4.78 is 5.11. The molecule has 1 saturated heterocycles. The fourth-order valence-electron chi connectivity index (χ4n) is 1.79. The summed E-state index contributed by atoms with van der Waals surface area (Å²) in [5.74, 6) is -1.00. The number of aromatic hydroxyl groups is 1. The fraction of sp³-hybridized carbons (Fsp3) is 0.364. The topological polar surface area (TPSA) is 92.9 Å². The molecule has 2 rings (SSSR count). The van der Waals surface area contributed by atoms with Gasteiger partial charge in [0.15, 0.2) is 0 Å². The molecule has 0 unspecified atom stereocenters. The average molecular weight is 252 g/mol. The number of nitro benzene ring substituents is 1. The Labute approximate surface area is 103 Å². The van der Waals surface area contributed by atoms with E-state index in [2.05, 4.69) is 0 Å². The minimum Gasteiger partial charge on any atom is -0.502 e. The molecule has 0 atom stereocenters. The maximum Gasteiger partial charge on any atom is 0.311 e. The first-order valence-corrected chi connectivity index (χ1v) is 5.44. The summed E-state index contributed by atoms with van der Waals surface area (Å²) in [5, 5.41) is 20.4. The third kappa shape index (κ3) is 2.25. The quantitative estimate of drug-likeness (QED) is 0.620. The SMILES string of the molecule is O=C(c1cccc([N+](=O)[O-])c1O)N1CCOCC1. The third-order valence-corrected chi connectivity index (χ3v) is 2.74. The molecule has 7 heteroatoms. The van der Waals surface area contributed by atoms with E-state index in [1.165, 1.54) is 17.0 Å². The number of hydrogen-bond donors (Lipinski definition) is 1. The molecule has 1 amide bonds. The van der Waals surface area contributed by atoms with E-state index in [9.17, 15) is 20.0 Å². The summed E-state index contributed by atoms with van der Waals surface area (Å²) in [6.45, 7) is 1.70. The molecule has 96 valence electrons. The average Bonchev–Trinajstić information content (AvgIpc) is 2.39. The molecule has 1 N–H and O–H groups in total. The van der Waals surface area contributed by atoms with Gasteiger partial charge in [0.05, 0.1) is 23.7 Å². The molecule has 0 saturated carbocycles. The van der Waals surface area contributed by atoms with E-state index < -0.39 is 22.3 Å². The van der Waals surface area contributed by atoms with Crippen molar-refractivity contribution in [3.63, 3.8) is 0 Å². The number of nitrogens with zero attached hydrogens (tertiary/aromatic N) is 2. The van der Waals surface area contributed by atoms with Crippen LogP contribution in [0.2, 0.25) is 0 Å². The number of nitro groups is 1. The molecule has 0 spiro atoms. The summed E-state index contributed by atoms with van der Waals surface area (Å²) in [4.78, 5) is 23.5. The smallest absolute Gasteiger partial charge is 0.311 e. The van der Waals surface area contributed by atoms with E-state index in [-0.39, 0.29) is 5.56 Å². The lowest BCUT2D eigenvalue weighted by atomic mass is 10.1. The van der Waals surface area contributed by atoms with Crippen LogP contribution < -0.4 is 0 Å². The second kappa shape index (κ2) is 5.01. The Morgan fingerprint density at radius 3 is 2.67 bits per heavy atom. The van der Waals surface area contributed by atoms with E-state index in [1.807, 2.05) is 0 Å². The van der Waals surface area contributed by atoms with Gasteiger partial charge in [0.2, 0.25) is 5.75 Å². The maximum atomic E-state index is 12.1. The van der Waals surface area contributed by atoms with Crippen LogP contribution in [0.3, 0.4) is 0 Å². The number of morpholine rings is 1. The van der Waals surface area contributed by atoms with Crippen molar-refractivity contribution in [3.05, 3.63) is 33.9 Å². The molecule has 0 aliphatic carbocycles. The summed E-state index contributed by atoms with van der Waals surface area (Å²) in [6.07, 6.45) is 0. The van der Waals surface area contributed by atoms with Crippen LogP contribution in [-0.4, -0.2) is 47.1 Å². The van der Waals surface area contributed by atoms with Crippen LogP contribution in [-0.2, 0) is 4.74 Å². The number of hydrogen-bond acceptors (Lipinski definition) is 5. The van der Waals surface area contributed by atoms with Crippen LogP contribution in [0.5, 0.6) is 5.75 Å². The van der Waals surface area contributed by atoms with Gasteiger partial charge in [0, 0.05) is 19.2 Å². The van der Waals surface area contributed by atoms with Crippen LogP contribution in [0.1, 0.15) is 10.4 Å². The van der Waals surface area contributed by atoms with Crippen molar-refractivity contribution in [1.29, 1.82) is 0 Å². The van der Waals surface area contributed by atoms with Crippen molar-refractivity contribution in [2.24, 2.45) is 0 Å². The standard InChI is InChI=1S/C11H12N2O5/c14-10-8(2-1-3-9(10)13(16)17)11(15)12-4-6-18-7-5-12/h1-3,14H,4-7H2. The molecule has 0 radical (unpaired) electrons. The van der Waals surface area contributed by atoms with Crippen molar-refractivity contribution in [1.82, 2.24) is 4.90 Å². The second-order valence-electron chi connectivity index (χ2n) is 3.83. The highest BCUT2D eigenvalue weighted by Gasteiger charge is 2.25. The maximum absolute atomic E-state index is 12.1. The van der Waals surface area contributed by atoms with Crippen LogP contribution in [0.4, 0.5) is 5.69 Å². The number of rotatable bonds is 2. The van der Waals surface area contributed by atoms with E-state index in [1.54, 1.807) is 0 Å². The molecule has 0 aromatic heterocycles. The van der Waals surface area contributed by atoms with Gasteiger partial charge in [0.25, 0.3) is 5.91 Å². The number of carbonyl (C=O) groups excluding carboxylic acids is 1. The zero-order valence-electron chi connectivity index (χ0n) is 9.54. The van der Waals surface area contributed by atoms with Gasteiger partial charge in [-0.25, -0.2) is 0 Å². The Hall–Kier alpha value is -2.15. The van der Waals surface area contributed by atoms with Crippen molar-refractivity contribution in [3.8, 4) is 5.75 Å². The second-order valence-corrected chi connectivity index (χ2v) is 3.83. The van der Waals surface area contributed by atoms with Gasteiger partial charge >= 0.3 is 5.69 Å². The first-order valence-electron chi connectivity index (χ1n) is 5.44. The monoisotopic (exact) mass is 252 g/mol. The largest absolute Gasteiger partial charge is 0.502 e. The van der Waals surface area contributed by atoms with Gasteiger partial charge < -0.3 is 14.7 Å². The van der Waals surface area contributed by atoms with E-state index >= 15 is 0 Å². The minimum absolute atomic E-state index is 0.0499. The Kier molecular flexibility index (Phi) is 3.42. The Morgan fingerprint density at radius 2 is 2.06 bits per heavy atom. The first-order chi connectivity index (χ1) is 8.61. The number of benzene rings is 1. The molecule has 1 heterocycles. The summed E-state index contributed by atoms with van der Waals surface area (Å²) in [5.41, 5.74) is -0.514. The summed E-state index contributed by atoms with van der Waals surface area (Å²) in [6, 6.07) is 3.91. The van der Waals surface area contributed by atoms with Crippen LogP contribution in [0, 0.1) is 10.1 Å². The highest BCUT2D eigenvalue weighted by Crippen LogP contribution is 2.30. The number of phenols is 1. The van der Waals surface area contributed by atoms with Crippen LogP contribution in [0.15, 0.2) is 18.2 Å². The lowest BCUT2D eigenvalue weighted by molar-refractivity contribution is -0.385. The van der Waals surface area contributed by atoms with E-state index in [0.717, 1.165) is 6.07 Å². The minimum atomic E-state index is -0.717. The molecule has 1 aliphatic rings. The van der Waals surface area contributed by atoms with Crippen LogP contribution in [0.25, 0.3) is 0 Å². The molecule has 18 heavy (non-hydrogen) atoms. The number of ether oxygens (including phenoxy) is 1. The first kappa shape index (κ1) is 12.3. The van der Waals surface area contributed by atoms with Crippen LogP contribution >= 0.6 is 0 Å². The molecular weight excluding hydrogens is 240 g/mol. The lowest BCUT2D eigenvalue weighted by Gasteiger charge is -2.26. The zero-order chi connectivity index (χ0) is 13.1. The van der Waals surface area contributed by atoms with Crippen molar-refractivity contribution in [2.45, 2.75) is 0 Å². The fourth-order valence-corrected chi connectivity index (χ4v) is 1.79. The summed E-state index contributed by atoms with van der Waals surface area (Å²) >= 11 is 0. The highest BCUT2D eigenvalue weighted by atomic mass is 16.6. The Morgan fingerprint density at radius 1 is 1.39 bits per heavy atom. The number of carbonyl (C=O) groups is 1. The Balaban J connectivity index is 2.30. The number of phenolic OH excluding ortho intramolecular Hbond substituents is 1. The zero-order valence-corrected chi connectivity index (χ0v) is 9.54. The summed E-state index contributed by atoms with van der Waals surface area (Å²) in [7, 11) is 0. The van der Waals surface area contributed by atoms with Gasteiger partial charge in [-0.15, -0.1) is 0 Å². The number of amides is 1. The molecular formula is C11H12N2O5. The molecule has 1 aromatic carbocycles. The Bertz CT molecular complexity index is 482. The van der Waals surface area contributed by atoms with Gasteiger partial charge in [-0.3, -0.25) is 14.9 Å². The highest BCUT2D eigenvalue weighted by molar-refractivity contribution is 5.98. The normalized spacial score (nSPS) is 15.4. The van der Waals surface area contributed by atoms with Crippen molar-refractivity contribution in [2.75, 3.05) is 26.3 Å². The van der Waals surface area contributed by atoms with E-state index in [0.29, 0.717) is 26.3 Å². The molecule has 0 bridgehead atoms. The molecule has 1 aliphatic heterocycles. The molecule has 1 aromatic rings. The number of para-hydroxylation sites is 1. The predicted molar refractivity (Wildman–Crippen MR) is 61.5 cm³/mol. The third-order valence-electron chi connectivity index (χ3n) is 2.74. The van der Waals surface area contributed by atoms with E-state index in [4.69, 9.17) is 4.74 Å². The predicted octanol–water partition coefficient (Wildman–Crippen LogP) is 0.773. The van der Waals surface area contributed by atoms with Gasteiger partial charge in [0.1, 0.15) is 0 Å². The molecule has 7 nitrogen and oxygen atoms in total. The van der Waals surface area contributed by atoms with Crippen molar-refractivity contribution >= 4 is 11.6 Å². The van der Waals surface area contributed by atoms with Gasteiger partial charge in [-0.05, 0) is 6.07 Å². The molecule has 1 fully saturated rings. The van der Waals surface area contributed by atoms with Crippen molar-refractivity contribution < 1.29 is 19.6 Å².